The Morgan fingerprint density at radius 2 is 2.00 bits per heavy atom. The van der Waals surface area contributed by atoms with Crippen molar-refractivity contribution in [3.63, 3.8) is 0 Å². The Labute approximate surface area is 113 Å². The Bertz CT molecular complexity index is 421. The van der Waals surface area contributed by atoms with Gasteiger partial charge in [-0.1, -0.05) is 39.0 Å². The number of hydrogen-bond acceptors (Lipinski definition) is 4. The molecule has 5 heteroatoms. The molecule has 1 heterocycles. The molecule has 0 spiro atoms. The summed E-state index contributed by atoms with van der Waals surface area (Å²) in [7, 11) is 0. The minimum Gasteiger partial charge on any atom is -0.477 e. The first-order valence-electron chi connectivity index (χ1n) is 6.30. The summed E-state index contributed by atoms with van der Waals surface area (Å²) in [5.74, 6) is -0.878. The molecule has 0 aliphatic rings. The molecule has 0 aliphatic carbocycles. The van der Waals surface area contributed by atoms with E-state index < -0.39 is 5.97 Å². The molecular weight excluding hydrogens is 248 g/mol. The van der Waals surface area contributed by atoms with Crippen LogP contribution in [0.2, 0.25) is 0 Å². The summed E-state index contributed by atoms with van der Waals surface area (Å²) in [6, 6.07) is 0. The standard InChI is InChI=1S/C13H22N2O2S/c1-6-8-15(7-2)12-14-10(13(3,4)5)9(18-12)11(16)17/h6-8H2,1-5H3,(H,16,17). The molecular formula is C13H22N2O2S. The van der Waals surface area contributed by atoms with Crippen molar-refractivity contribution in [1.82, 2.24) is 4.98 Å². The molecule has 102 valence electrons. The van der Waals surface area contributed by atoms with Gasteiger partial charge in [-0.15, -0.1) is 0 Å². The van der Waals surface area contributed by atoms with E-state index in [9.17, 15) is 9.90 Å². The molecule has 0 aromatic carbocycles. The smallest absolute Gasteiger partial charge is 0.347 e. The molecule has 0 saturated heterocycles. The lowest BCUT2D eigenvalue weighted by molar-refractivity contribution is 0.0699. The van der Waals surface area contributed by atoms with Gasteiger partial charge in [-0.25, -0.2) is 9.78 Å². The summed E-state index contributed by atoms with van der Waals surface area (Å²) < 4.78 is 0. The SMILES string of the molecule is CCCN(CC)c1nc(C(C)(C)C)c(C(=O)O)s1. The molecule has 0 saturated carbocycles. The van der Waals surface area contributed by atoms with Crippen molar-refractivity contribution in [3.8, 4) is 0 Å². The van der Waals surface area contributed by atoms with Gasteiger partial charge in [0.2, 0.25) is 0 Å². The van der Waals surface area contributed by atoms with Crippen LogP contribution in [0.25, 0.3) is 0 Å². The normalized spacial score (nSPS) is 11.6. The Kier molecular flexibility index (Phi) is 4.73. The van der Waals surface area contributed by atoms with Crippen molar-refractivity contribution in [2.24, 2.45) is 0 Å². The van der Waals surface area contributed by atoms with Gasteiger partial charge < -0.3 is 10.0 Å². The lowest BCUT2D eigenvalue weighted by Gasteiger charge is -2.19. The molecule has 0 amide bonds. The van der Waals surface area contributed by atoms with E-state index in [2.05, 4.69) is 23.7 Å². The largest absolute Gasteiger partial charge is 0.477 e. The van der Waals surface area contributed by atoms with Gasteiger partial charge in [-0.2, -0.15) is 0 Å². The minimum atomic E-state index is -0.878. The average molecular weight is 270 g/mol. The first kappa shape index (κ1) is 15.0. The number of aromatic carboxylic acids is 1. The maximum absolute atomic E-state index is 11.3. The van der Waals surface area contributed by atoms with E-state index in [1.54, 1.807) is 0 Å². The van der Waals surface area contributed by atoms with Crippen LogP contribution in [0.15, 0.2) is 0 Å². The third kappa shape index (κ3) is 3.22. The monoisotopic (exact) mass is 270 g/mol. The van der Waals surface area contributed by atoms with E-state index in [0.29, 0.717) is 10.6 Å². The van der Waals surface area contributed by atoms with Crippen molar-refractivity contribution >= 4 is 22.4 Å². The summed E-state index contributed by atoms with van der Waals surface area (Å²) in [6.45, 7) is 11.9. The quantitative estimate of drug-likeness (QED) is 0.891. The summed E-state index contributed by atoms with van der Waals surface area (Å²) in [5.41, 5.74) is 0.443. The second kappa shape index (κ2) is 5.69. The van der Waals surface area contributed by atoms with Crippen molar-refractivity contribution in [2.75, 3.05) is 18.0 Å². The molecule has 0 radical (unpaired) electrons. The summed E-state index contributed by atoms with van der Waals surface area (Å²) in [5, 5.41) is 10.1. The number of carboxylic acid groups (broad SMARTS) is 1. The van der Waals surface area contributed by atoms with Gasteiger partial charge >= 0.3 is 5.97 Å². The van der Waals surface area contributed by atoms with Gasteiger partial charge in [0.25, 0.3) is 0 Å². The summed E-state index contributed by atoms with van der Waals surface area (Å²) in [6.07, 6.45) is 1.03. The lowest BCUT2D eigenvalue weighted by atomic mass is 9.91. The number of hydrogen-bond donors (Lipinski definition) is 1. The van der Waals surface area contributed by atoms with E-state index in [0.717, 1.165) is 24.6 Å². The van der Waals surface area contributed by atoms with Crippen molar-refractivity contribution < 1.29 is 9.90 Å². The summed E-state index contributed by atoms with van der Waals surface area (Å²) in [4.78, 5) is 18.4. The lowest BCUT2D eigenvalue weighted by Crippen LogP contribution is -2.23. The third-order valence-corrected chi connectivity index (χ3v) is 3.77. The van der Waals surface area contributed by atoms with Crippen molar-refractivity contribution in [2.45, 2.75) is 46.5 Å². The number of rotatable bonds is 5. The zero-order valence-electron chi connectivity index (χ0n) is 11.8. The van der Waals surface area contributed by atoms with Crippen LogP contribution in [0.1, 0.15) is 56.4 Å². The number of carboxylic acids is 1. The molecule has 0 fully saturated rings. The number of carbonyl (C=O) groups is 1. The fourth-order valence-electron chi connectivity index (χ4n) is 1.76. The van der Waals surface area contributed by atoms with Gasteiger partial charge in [0.1, 0.15) is 4.88 Å². The molecule has 0 aliphatic heterocycles. The fraction of sp³-hybridized carbons (Fsp3) is 0.692. The van der Waals surface area contributed by atoms with Gasteiger partial charge in [-0.3, -0.25) is 0 Å². The first-order valence-corrected chi connectivity index (χ1v) is 7.12. The average Bonchev–Trinajstić information content (AvgIpc) is 2.70. The van der Waals surface area contributed by atoms with Crippen LogP contribution in [0.5, 0.6) is 0 Å². The number of anilines is 1. The second-order valence-corrected chi connectivity index (χ2v) is 6.29. The topological polar surface area (TPSA) is 53.4 Å². The van der Waals surface area contributed by atoms with Gasteiger partial charge in [0.15, 0.2) is 5.13 Å². The van der Waals surface area contributed by atoms with Crippen LogP contribution in [0.3, 0.4) is 0 Å². The van der Waals surface area contributed by atoms with Crippen molar-refractivity contribution in [1.29, 1.82) is 0 Å². The molecule has 1 rings (SSSR count). The molecule has 0 unspecified atom stereocenters. The maximum atomic E-state index is 11.3. The molecule has 18 heavy (non-hydrogen) atoms. The third-order valence-electron chi connectivity index (χ3n) is 2.67. The predicted molar refractivity (Wildman–Crippen MR) is 76.0 cm³/mol. The van der Waals surface area contributed by atoms with Crippen LogP contribution >= 0.6 is 11.3 Å². The Hall–Kier alpha value is -1.10. The van der Waals surface area contributed by atoms with Gasteiger partial charge in [0.05, 0.1) is 5.69 Å². The summed E-state index contributed by atoms with van der Waals surface area (Å²) >= 11 is 1.28. The highest BCUT2D eigenvalue weighted by Gasteiger charge is 2.28. The number of nitrogens with zero attached hydrogens (tertiary/aromatic N) is 2. The predicted octanol–water partition coefficient (Wildman–Crippen LogP) is 3.38. The number of thiazole rings is 1. The van der Waals surface area contributed by atoms with Crippen LogP contribution in [-0.2, 0) is 5.41 Å². The Morgan fingerprint density at radius 3 is 2.33 bits per heavy atom. The van der Waals surface area contributed by atoms with E-state index in [4.69, 9.17) is 0 Å². The highest BCUT2D eigenvalue weighted by molar-refractivity contribution is 7.17. The molecule has 4 nitrogen and oxygen atoms in total. The number of aromatic nitrogens is 1. The second-order valence-electron chi connectivity index (χ2n) is 5.31. The molecule has 1 aromatic heterocycles. The van der Waals surface area contributed by atoms with Gasteiger partial charge in [0, 0.05) is 18.5 Å². The van der Waals surface area contributed by atoms with Crippen LogP contribution in [0, 0.1) is 0 Å². The fourth-order valence-corrected chi connectivity index (χ4v) is 2.96. The maximum Gasteiger partial charge on any atom is 0.347 e. The Morgan fingerprint density at radius 1 is 1.39 bits per heavy atom. The molecule has 1 N–H and O–H groups in total. The van der Waals surface area contributed by atoms with Crippen LogP contribution < -0.4 is 4.90 Å². The highest BCUT2D eigenvalue weighted by atomic mass is 32.1. The van der Waals surface area contributed by atoms with E-state index >= 15 is 0 Å². The molecule has 1 aromatic rings. The van der Waals surface area contributed by atoms with Crippen LogP contribution in [0.4, 0.5) is 5.13 Å². The zero-order chi connectivity index (χ0) is 13.9. The van der Waals surface area contributed by atoms with E-state index in [1.165, 1.54) is 11.3 Å². The van der Waals surface area contributed by atoms with E-state index in [1.807, 2.05) is 20.8 Å². The van der Waals surface area contributed by atoms with E-state index in [-0.39, 0.29) is 5.41 Å². The Balaban J connectivity index is 3.21. The minimum absolute atomic E-state index is 0.242. The molecule has 0 atom stereocenters. The van der Waals surface area contributed by atoms with Crippen molar-refractivity contribution in [3.05, 3.63) is 10.6 Å². The highest BCUT2D eigenvalue weighted by Crippen LogP contribution is 2.33. The molecule has 0 bridgehead atoms. The first-order chi connectivity index (χ1) is 8.31. The zero-order valence-corrected chi connectivity index (χ0v) is 12.6. The van der Waals surface area contributed by atoms with Gasteiger partial charge in [-0.05, 0) is 13.3 Å². The van der Waals surface area contributed by atoms with Crippen LogP contribution in [-0.4, -0.2) is 29.1 Å².